The highest BCUT2D eigenvalue weighted by atomic mass is 16.5. The van der Waals surface area contributed by atoms with E-state index < -0.39 is 5.97 Å². The number of nitrogens with zero attached hydrogens (tertiary/aromatic N) is 3. The average Bonchev–Trinajstić information content (AvgIpc) is 2.95. The summed E-state index contributed by atoms with van der Waals surface area (Å²) in [5.41, 5.74) is 6.41. The number of hydrogen-bond donors (Lipinski definition) is 1. The number of ether oxygens (including phenoxy) is 1. The van der Waals surface area contributed by atoms with Crippen LogP contribution >= 0.6 is 0 Å². The number of carbonyl (C=O) groups is 1. The number of pyridine rings is 1. The highest BCUT2D eigenvalue weighted by molar-refractivity contribution is 6.20. The molecule has 0 unspecified atom stereocenters. The fourth-order valence-corrected chi connectivity index (χ4v) is 3.30. The van der Waals surface area contributed by atoms with Crippen LogP contribution in [0.1, 0.15) is 41.3 Å². The van der Waals surface area contributed by atoms with Crippen molar-refractivity contribution in [1.29, 1.82) is 0 Å². The second-order valence-corrected chi connectivity index (χ2v) is 6.85. The van der Waals surface area contributed by atoms with E-state index in [4.69, 9.17) is 9.72 Å². The summed E-state index contributed by atoms with van der Waals surface area (Å²) in [4.78, 5) is 29.5. The van der Waals surface area contributed by atoms with Gasteiger partial charge in [0.05, 0.1) is 40.2 Å². The topological polar surface area (TPSA) is 80.8 Å². The number of carbonyl (C=O) groups excluding carboxylic acids is 1. The van der Waals surface area contributed by atoms with E-state index in [-0.39, 0.29) is 6.10 Å². The zero-order chi connectivity index (χ0) is 18.6. The number of benzene rings is 1. The molecule has 0 bridgehead atoms. The van der Waals surface area contributed by atoms with Gasteiger partial charge in [0.1, 0.15) is 0 Å². The van der Waals surface area contributed by atoms with Gasteiger partial charge in [0, 0.05) is 16.3 Å². The summed E-state index contributed by atoms with van der Waals surface area (Å²) in [5.74, 6) is -0.410. The van der Waals surface area contributed by atoms with E-state index in [2.05, 4.69) is 15.0 Å². The van der Waals surface area contributed by atoms with Gasteiger partial charge in [-0.2, -0.15) is 0 Å². The summed E-state index contributed by atoms with van der Waals surface area (Å²) >= 11 is 0. The number of aromatic amines is 1. The largest absolute Gasteiger partial charge is 0.458 e. The molecular weight excluding hydrogens is 328 g/mol. The molecule has 6 heteroatoms. The number of esters is 1. The molecule has 0 amide bonds. The van der Waals surface area contributed by atoms with E-state index in [9.17, 15) is 4.79 Å². The predicted molar refractivity (Wildman–Crippen MR) is 101 cm³/mol. The molecule has 4 rings (SSSR count). The van der Waals surface area contributed by atoms with Crippen molar-refractivity contribution in [3.63, 3.8) is 0 Å². The Kier molecular flexibility index (Phi) is 3.64. The Balaban J connectivity index is 2.09. The number of hydrogen-bond acceptors (Lipinski definition) is 5. The lowest BCUT2D eigenvalue weighted by Crippen LogP contribution is -2.14. The van der Waals surface area contributed by atoms with E-state index in [1.807, 2.05) is 46.8 Å². The third-order valence-corrected chi connectivity index (χ3v) is 4.63. The van der Waals surface area contributed by atoms with Gasteiger partial charge in [-0.25, -0.2) is 19.7 Å². The van der Waals surface area contributed by atoms with Crippen LogP contribution in [0.4, 0.5) is 0 Å². The van der Waals surface area contributed by atoms with Crippen molar-refractivity contribution in [2.24, 2.45) is 0 Å². The Hall–Kier alpha value is -3.02. The second kappa shape index (κ2) is 5.76. The zero-order valence-electron chi connectivity index (χ0n) is 15.5. The molecule has 0 aliphatic carbocycles. The van der Waals surface area contributed by atoms with Gasteiger partial charge in [-0.3, -0.25) is 0 Å². The van der Waals surface area contributed by atoms with Crippen molar-refractivity contribution in [3.8, 4) is 0 Å². The Morgan fingerprint density at radius 1 is 1.04 bits per heavy atom. The molecular formula is C20H20N4O2. The van der Waals surface area contributed by atoms with E-state index >= 15 is 0 Å². The molecule has 132 valence electrons. The average molecular weight is 348 g/mol. The normalized spacial score (nSPS) is 11.8. The third-order valence-electron chi connectivity index (χ3n) is 4.63. The number of aromatic nitrogens is 4. The molecule has 0 fully saturated rings. The van der Waals surface area contributed by atoms with Crippen LogP contribution in [0.2, 0.25) is 0 Å². The zero-order valence-corrected chi connectivity index (χ0v) is 15.5. The number of H-pyrrole nitrogens is 1. The maximum atomic E-state index is 12.4. The number of nitrogens with one attached hydrogen (secondary N) is 1. The Bertz CT molecular complexity index is 1190. The van der Waals surface area contributed by atoms with Gasteiger partial charge in [0.2, 0.25) is 0 Å². The molecule has 3 aromatic heterocycles. The van der Waals surface area contributed by atoms with Crippen LogP contribution in [-0.4, -0.2) is 32.0 Å². The highest BCUT2D eigenvalue weighted by Crippen LogP contribution is 2.33. The van der Waals surface area contributed by atoms with Gasteiger partial charge in [0.15, 0.2) is 5.69 Å². The Morgan fingerprint density at radius 3 is 2.50 bits per heavy atom. The van der Waals surface area contributed by atoms with Crippen LogP contribution in [0, 0.1) is 20.8 Å². The van der Waals surface area contributed by atoms with Crippen LogP contribution in [0.3, 0.4) is 0 Å². The first kappa shape index (κ1) is 16.4. The summed E-state index contributed by atoms with van der Waals surface area (Å²) < 4.78 is 5.34. The van der Waals surface area contributed by atoms with Gasteiger partial charge >= 0.3 is 5.97 Å². The summed E-state index contributed by atoms with van der Waals surface area (Å²) in [6.45, 7) is 9.45. The van der Waals surface area contributed by atoms with Crippen LogP contribution in [0.15, 0.2) is 18.3 Å². The standard InChI is InChI=1S/C20H20N4O2/c1-9(2)26-20(25)18-10(3)16-15(8-21-18)24-13-6-7-14-19(17(13)16)23-12(5)11(4)22-14/h6-9,24H,1-5H3. The van der Waals surface area contributed by atoms with Gasteiger partial charge in [0.25, 0.3) is 0 Å². The molecule has 1 aromatic carbocycles. The van der Waals surface area contributed by atoms with Gasteiger partial charge in [-0.15, -0.1) is 0 Å². The second-order valence-electron chi connectivity index (χ2n) is 6.85. The number of rotatable bonds is 2. The SMILES string of the molecule is Cc1nc2ccc3[nH]c4cnc(C(=O)OC(C)C)c(C)c4c3c2nc1C. The smallest absolute Gasteiger partial charge is 0.357 e. The van der Waals surface area contributed by atoms with Crippen LogP contribution in [-0.2, 0) is 4.74 Å². The predicted octanol–water partition coefficient (Wildman–Crippen LogP) is 4.15. The molecule has 3 heterocycles. The van der Waals surface area contributed by atoms with Gasteiger partial charge in [-0.1, -0.05) is 0 Å². The Morgan fingerprint density at radius 2 is 1.77 bits per heavy atom. The van der Waals surface area contributed by atoms with Crippen molar-refractivity contribution < 1.29 is 9.53 Å². The van der Waals surface area contributed by atoms with E-state index in [1.54, 1.807) is 6.20 Å². The molecule has 0 atom stereocenters. The van der Waals surface area contributed by atoms with Crippen molar-refractivity contribution in [3.05, 3.63) is 41.0 Å². The molecule has 1 N–H and O–H groups in total. The number of aryl methyl sites for hydroxylation is 3. The summed E-state index contributed by atoms with van der Waals surface area (Å²) in [5, 5.41) is 1.90. The van der Waals surface area contributed by atoms with Crippen molar-refractivity contribution in [1.82, 2.24) is 19.9 Å². The molecule has 26 heavy (non-hydrogen) atoms. The minimum atomic E-state index is -0.410. The molecule has 4 aromatic rings. The van der Waals surface area contributed by atoms with Crippen LogP contribution in [0.25, 0.3) is 32.8 Å². The molecule has 0 aliphatic heterocycles. The molecule has 0 radical (unpaired) electrons. The highest BCUT2D eigenvalue weighted by Gasteiger charge is 2.20. The Labute approximate surface area is 150 Å². The maximum Gasteiger partial charge on any atom is 0.357 e. The monoisotopic (exact) mass is 348 g/mol. The lowest BCUT2D eigenvalue weighted by atomic mass is 10.1. The summed E-state index contributed by atoms with van der Waals surface area (Å²) in [6, 6.07) is 3.95. The molecule has 0 saturated heterocycles. The van der Waals surface area contributed by atoms with Crippen molar-refractivity contribution in [2.75, 3.05) is 0 Å². The summed E-state index contributed by atoms with van der Waals surface area (Å²) in [6.07, 6.45) is 1.49. The lowest BCUT2D eigenvalue weighted by Gasteiger charge is -2.10. The van der Waals surface area contributed by atoms with Crippen LogP contribution in [0.5, 0.6) is 0 Å². The molecule has 6 nitrogen and oxygen atoms in total. The molecule has 0 spiro atoms. The van der Waals surface area contributed by atoms with Gasteiger partial charge < -0.3 is 9.72 Å². The lowest BCUT2D eigenvalue weighted by molar-refractivity contribution is 0.0370. The third kappa shape index (κ3) is 2.41. The fraction of sp³-hybridized carbons (Fsp3) is 0.300. The minimum absolute atomic E-state index is 0.195. The van der Waals surface area contributed by atoms with Crippen molar-refractivity contribution >= 4 is 38.8 Å². The first-order valence-electron chi connectivity index (χ1n) is 8.62. The maximum absolute atomic E-state index is 12.4. The van der Waals surface area contributed by atoms with Crippen molar-refractivity contribution in [2.45, 2.75) is 40.7 Å². The molecule has 0 aliphatic rings. The first-order chi connectivity index (χ1) is 12.4. The van der Waals surface area contributed by atoms with E-state index in [1.165, 1.54) is 0 Å². The fourth-order valence-electron chi connectivity index (χ4n) is 3.30. The minimum Gasteiger partial charge on any atom is -0.458 e. The first-order valence-corrected chi connectivity index (χ1v) is 8.62. The number of fused-ring (bicyclic) bond motifs is 5. The quantitative estimate of drug-likeness (QED) is 0.550. The molecule has 0 saturated carbocycles. The van der Waals surface area contributed by atoms with Gasteiger partial charge in [-0.05, 0) is 52.3 Å². The van der Waals surface area contributed by atoms with E-state index in [0.717, 1.165) is 49.8 Å². The van der Waals surface area contributed by atoms with E-state index in [0.29, 0.717) is 5.69 Å². The van der Waals surface area contributed by atoms with Crippen LogP contribution < -0.4 is 0 Å². The summed E-state index contributed by atoms with van der Waals surface area (Å²) in [7, 11) is 0.